The van der Waals surface area contributed by atoms with Crippen molar-refractivity contribution in [2.75, 3.05) is 18.0 Å². The van der Waals surface area contributed by atoms with Crippen molar-refractivity contribution in [2.45, 2.75) is 44.7 Å². The third kappa shape index (κ3) is 4.46. The van der Waals surface area contributed by atoms with Crippen molar-refractivity contribution in [3.8, 4) is 0 Å². The third-order valence-corrected chi connectivity index (χ3v) is 5.28. The van der Waals surface area contributed by atoms with Crippen molar-refractivity contribution in [1.82, 2.24) is 15.2 Å². The number of rotatable bonds is 7. The van der Waals surface area contributed by atoms with Crippen LogP contribution in [0.3, 0.4) is 0 Å². The van der Waals surface area contributed by atoms with E-state index in [0.29, 0.717) is 5.16 Å². The minimum atomic E-state index is -1.22. The monoisotopic (exact) mass is 371 g/mol. The number of aryl methyl sites for hydroxylation is 2. The van der Waals surface area contributed by atoms with Gasteiger partial charge in [-0.2, -0.15) is 0 Å². The van der Waals surface area contributed by atoms with Crippen molar-refractivity contribution < 1.29 is 9.90 Å². The molecule has 1 fully saturated rings. The maximum atomic E-state index is 11.6. The Bertz CT molecular complexity index is 810. The number of anilines is 1. The van der Waals surface area contributed by atoms with Crippen molar-refractivity contribution in [3.05, 3.63) is 40.1 Å². The Kier molecular flexibility index (Phi) is 5.98. The predicted molar refractivity (Wildman–Crippen MR) is 102 cm³/mol. The summed E-state index contributed by atoms with van der Waals surface area (Å²) in [6.45, 7) is 6.21. The molecule has 1 N–H and O–H groups in total. The van der Waals surface area contributed by atoms with Gasteiger partial charge in [-0.3, -0.25) is 5.10 Å². The Morgan fingerprint density at radius 2 is 2.15 bits per heavy atom. The second-order valence-electron chi connectivity index (χ2n) is 6.45. The molecule has 2 aromatic rings. The van der Waals surface area contributed by atoms with Crippen molar-refractivity contribution >= 4 is 29.5 Å². The van der Waals surface area contributed by atoms with Gasteiger partial charge in [0.2, 0.25) is 5.16 Å². The molecule has 3 rings (SSSR count). The van der Waals surface area contributed by atoms with Gasteiger partial charge in [-0.1, -0.05) is 13.0 Å². The van der Waals surface area contributed by atoms with Crippen LogP contribution in [-0.4, -0.2) is 34.2 Å². The minimum Gasteiger partial charge on any atom is -0.544 e. The number of benzene rings is 1. The smallest absolute Gasteiger partial charge is 0.213 e. The van der Waals surface area contributed by atoms with E-state index in [1.165, 1.54) is 18.5 Å². The molecule has 7 heteroatoms. The summed E-state index contributed by atoms with van der Waals surface area (Å²) in [7, 11) is 0. The van der Waals surface area contributed by atoms with Crippen molar-refractivity contribution in [2.24, 2.45) is 0 Å². The summed E-state index contributed by atoms with van der Waals surface area (Å²) in [4.78, 5) is 18.3. The van der Waals surface area contributed by atoms with Gasteiger partial charge in [-0.05, 0) is 67.3 Å². The van der Waals surface area contributed by atoms with E-state index in [-0.39, 0.29) is 4.91 Å². The number of carboxylic acid groups (broad SMARTS) is 1. The lowest BCUT2D eigenvalue weighted by Gasteiger charge is -2.19. The van der Waals surface area contributed by atoms with Crippen molar-refractivity contribution in [1.29, 1.82) is 0 Å². The standard InChI is InChI=1S/C19H24N4O2S/c1-3-6-17-20-19(22-21-17)26-16(18(24)25)12-14-7-8-15(11-13(14)2)23-9-4-5-10-23/h7-8,11-12H,3-6,9-10H2,1-2H3,(H,24,25)(H,20,21,22)/p-1/b16-12+. The first-order valence-electron chi connectivity index (χ1n) is 8.94. The fraction of sp³-hybridized carbons (Fsp3) is 0.421. The summed E-state index contributed by atoms with van der Waals surface area (Å²) in [6, 6.07) is 6.13. The van der Waals surface area contributed by atoms with Gasteiger partial charge >= 0.3 is 0 Å². The summed E-state index contributed by atoms with van der Waals surface area (Å²) < 4.78 is 0. The molecule has 138 valence electrons. The molecule has 1 aromatic carbocycles. The zero-order valence-electron chi connectivity index (χ0n) is 15.1. The molecule has 0 amide bonds. The highest BCUT2D eigenvalue weighted by Crippen LogP contribution is 2.28. The molecule has 0 atom stereocenters. The Labute approximate surface area is 157 Å². The molecule has 1 saturated heterocycles. The molecular formula is C19H23N4O2S-. The Balaban J connectivity index is 1.80. The first-order valence-corrected chi connectivity index (χ1v) is 9.76. The first-order chi connectivity index (χ1) is 12.6. The van der Waals surface area contributed by atoms with Crippen LogP contribution in [-0.2, 0) is 11.2 Å². The Morgan fingerprint density at radius 1 is 1.38 bits per heavy atom. The van der Waals surface area contributed by atoms with Gasteiger partial charge in [-0.15, -0.1) is 5.10 Å². The number of aromatic nitrogens is 3. The topological polar surface area (TPSA) is 84.9 Å². The number of aliphatic carboxylic acids is 1. The quantitative estimate of drug-likeness (QED) is 0.595. The van der Waals surface area contributed by atoms with Gasteiger partial charge in [0.25, 0.3) is 0 Å². The number of H-pyrrole nitrogens is 1. The number of hydrogen-bond acceptors (Lipinski definition) is 6. The van der Waals surface area contributed by atoms with Gasteiger partial charge in [0.1, 0.15) is 5.82 Å². The molecule has 1 aliphatic rings. The van der Waals surface area contributed by atoms with Crippen LogP contribution in [0.15, 0.2) is 28.3 Å². The molecule has 26 heavy (non-hydrogen) atoms. The number of nitrogens with zero attached hydrogens (tertiary/aromatic N) is 3. The number of thioether (sulfide) groups is 1. The molecule has 0 saturated carbocycles. The van der Waals surface area contributed by atoms with Gasteiger partial charge in [-0.25, -0.2) is 4.98 Å². The zero-order chi connectivity index (χ0) is 18.5. The predicted octanol–water partition coefficient (Wildman–Crippen LogP) is 2.55. The molecule has 0 unspecified atom stereocenters. The van der Waals surface area contributed by atoms with E-state index in [1.807, 2.05) is 19.1 Å². The highest BCUT2D eigenvalue weighted by molar-refractivity contribution is 8.04. The lowest BCUT2D eigenvalue weighted by Crippen LogP contribution is -2.23. The van der Waals surface area contributed by atoms with Crippen LogP contribution < -0.4 is 10.0 Å². The van der Waals surface area contributed by atoms with Crippen LogP contribution in [0, 0.1) is 6.92 Å². The number of carbonyl (C=O) groups is 1. The molecule has 0 aliphatic carbocycles. The summed E-state index contributed by atoms with van der Waals surface area (Å²) >= 11 is 1.01. The fourth-order valence-corrected chi connectivity index (χ4v) is 3.75. The van der Waals surface area contributed by atoms with Crippen LogP contribution >= 0.6 is 11.8 Å². The first kappa shape index (κ1) is 18.5. The largest absolute Gasteiger partial charge is 0.544 e. The average molecular weight is 371 g/mol. The average Bonchev–Trinajstić information content (AvgIpc) is 3.28. The second kappa shape index (κ2) is 8.40. The Morgan fingerprint density at radius 3 is 2.81 bits per heavy atom. The summed E-state index contributed by atoms with van der Waals surface area (Å²) in [6.07, 6.45) is 5.82. The number of aromatic amines is 1. The summed E-state index contributed by atoms with van der Waals surface area (Å²) in [5.41, 5.74) is 3.09. The van der Waals surface area contributed by atoms with E-state index in [1.54, 1.807) is 6.08 Å². The van der Waals surface area contributed by atoms with E-state index in [9.17, 15) is 9.90 Å². The lowest BCUT2D eigenvalue weighted by molar-refractivity contribution is -0.297. The molecule has 0 spiro atoms. The van der Waals surface area contributed by atoms with Crippen molar-refractivity contribution in [3.63, 3.8) is 0 Å². The maximum absolute atomic E-state index is 11.6. The van der Waals surface area contributed by atoms with E-state index in [2.05, 4.69) is 33.1 Å². The molecule has 1 aliphatic heterocycles. The van der Waals surface area contributed by atoms with Gasteiger partial charge in [0.05, 0.1) is 5.97 Å². The van der Waals surface area contributed by atoms with Crippen LogP contribution in [0.5, 0.6) is 0 Å². The zero-order valence-corrected chi connectivity index (χ0v) is 15.9. The van der Waals surface area contributed by atoms with Crippen LogP contribution in [0.4, 0.5) is 5.69 Å². The SMILES string of the molecule is CCCc1nc(S/C(=C/c2ccc(N3CCCC3)cc2C)C(=O)[O-])n[nH]1. The normalized spacial score (nSPS) is 14.8. The highest BCUT2D eigenvalue weighted by atomic mass is 32.2. The molecular weight excluding hydrogens is 348 g/mol. The summed E-state index contributed by atoms with van der Waals surface area (Å²) in [5.74, 6) is -0.460. The second-order valence-corrected chi connectivity index (χ2v) is 7.46. The highest BCUT2D eigenvalue weighted by Gasteiger charge is 2.13. The lowest BCUT2D eigenvalue weighted by atomic mass is 10.1. The van der Waals surface area contributed by atoms with E-state index in [0.717, 1.165) is 54.6 Å². The number of carboxylic acids is 1. The van der Waals surface area contributed by atoms with Gasteiger partial charge in [0, 0.05) is 30.1 Å². The molecule has 0 radical (unpaired) electrons. The molecule has 0 bridgehead atoms. The van der Waals surface area contributed by atoms with Crippen LogP contribution in [0.25, 0.3) is 6.08 Å². The Hall–Kier alpha value is -2.28. The summed E-state index contributed by atoms with van der Waals surface area (Å²) in [5, 5.41) is 18.9. The van der Waals surface area contributed by atoms with Gasteiger partial charge < -0.3 is 14.8 Å². The van der Waals surface area contributed by atoms with Crippen LogP contribution in [0.1, 0.15) is 43.1 Å². The molecule has 2 heterocycles. The number of carbonyl (C=O) groups excluding carboxylic acids is 1. The number of nitrogens with one attached hydrogen (secondary N) is 1. The molecule has 6 nitrogen and oxygen atoms in total. The van der Waals surface area contributed by atoms with E-state index in [4.69, 9.17) is 0 Å². The third-order valence-electron chi connectivity index (χ3n) is 4.41. The molecule has 1 aromatic heterocycles. The minimum absolute atomic E-state index is 0.101. The van der Waals surface area contributed by atoms with Gasteiger partial charge in [0.15, 0.2) is 0 Å². The maximum Gasteiger partial charge on any atom is 0.213 e. The number of hydrogen-bond donors (Lipinski definition) is 1. The van der Waals surface area contributed by atoms with E-state index < -0.39 is 5.97 Å². The van der Waals surface area contributed by atoms with Crippen LogP contribution in [0.2, 0.25) is 0 Å². The fourth-order valence-electron chi connectivity index (χ4n) is 3.04. The van der Waals surface area contributed by atoms with E-state index >= 15 is 0 Å².